The van der Waals surface area contributed by atoms with Crippen molar-refractivity contribution in [3.8, 4) is 0 Å². The first-order chi connectivity index (χ1) is 15.2. The number of unbranched alkanes of at least 4 members (excludes halogenated alkanes) is 10. The molecule has 0 fully saturated rings. The Morgan fingerprint density at radius 2 is 0.968 bits per heavy atom. The number of rotatable bonds is 12. The van der Waals surface area contributed by atoms with E-state index in [4.69, 9.17) is 0 Å². The molecule has 0 saturated carbocycles. The number of benzene rings is 3. The van der Waals surface area contributed by atoms with Crippen LogP contribution >= 0.6 is 0 Å². The molecule has 0 N–H and O–H groups in total. The number of fused-ring (bicyclic) bond motifs is 1. The minimum Gasteiger partial charge on any atom is -0.0654 e. The van der Waals surface area contributed by atoms with Gasteiger partial charge >= 0.3 is 0 Å². The predicted molar refractivity (Wildman–Crippen MR) is 140 cm³/mol. The van der Waals surface area contributed by atoms with Crippen molar-refractivity contribution < 1.29 is 0 Å². The normalized spacial score (nSPS) is 10.7. The summed E-state index contributed by atoms with van der Waals surface area (Å²) in [5, 5.41) is 2.83. The second-order valence-electron chi connectivity index (χ2n) is 9.01. The van der Waals surface area contributed by atoms with E-state index >= 15 is 0 Å². The Morgan fingerprint density at radius 3 is 1.55 bits per heavy atom. The van der Waals surface area contributed by atoms with Gasteiger partial charge in [-0.05, 0) is 54.2 Å². The molecule has 0 heterocycles. The smallest absolute Gasteiger partial charge is 0.0152 e. The fraction of sp³-hybridized carbons (Fsp3) is 0.484. The largest absolute Gasteiger partial charge is 0.0654 e. The molecule has 0 nitrogen and oxygen atoms in total. The lowest BCUT2D eigenvalue weighted by Crippen LogP contribution is -1.88. The molecule has 0 radical (unpaired) electrons. The Labute approximate surface area is 192 Å². The third-order valence-electron chi connectivity index (χ3n) is 6.36. The van der Waals surface area contributed by atoms with E-state index in [2.05, 4.69) is 87.5 Å². The van der Waals surface area contributed by atoms with Gasteiger partial charge in [-0.1, -0.05) is 138 Å². The van der Waals surface area contributed by atoms with Crippen LogP contribution in [-0.4, -0.2) is 0 Å². The van der Waals surface area contributed by atoms with Crippen LogP contribution in [0.4, 0.5) is 0 Å². The molecular weight excluding hydrogens is 372 g/mol. The molecule has 168 valence electrons. The van der Waals surface area contributed by atoms with Gasteiger partial charge in [0.15, 0.2) is 0 Å². The third-order valence-corrected chi connectivity index (χ3v) is 6.36. The minimum absolute atomic E-state index is 1.23. The molecule has 3 aromatic carbocycles. The van der Waals surface area contributed by atoms with Crippen LogP contribution in [0.5, 0.6) is 0 Å². The molecule has 0 spiro atoms. The van der Waals surface area contributed by atoms with Crippen molar-refractivity contribution in [2.75, 3.05) is 0 Å². The lowest BCUT2D eigenvalue weighted by molar-refractivity contribution is 0.550. The zero-order valence-corrected chi connectivity index (χ0v) is 20.3. The van der Waals surface area contributed by atoms with Crippen LogP contribution < -0.4 is 0 Å². The van der Waals surface area contributed by atoms with Gasteiger partial charge in [-0.25, -0.2) is 0 Å². The van der Waals surface area contributed by atoms with E-state index < -0.39 is 0 Å². The maximum absolute atomic E-state index is 2.30. The van der Waals surface area contributed by atoms with Gasteiger partial charge in [0.2, 0.25) is 0 Å². The number of aryl methyl sites for hydroxylation is 3. The highest BCUT2D eigenvalue weighted by molar-refractivity contribution is 5.85. The first kappa shape index (κ1) is 25.2. The predicted octanol–water partition coefficient (Wildman–Crippen LogP) is 10.00. The minimum atomic E-state index is 1.23. The molecule has 0 aliphatic heterocycles. The summed E-state index contributed by atoms with van der Waals surface area (Å²) in [7, 11) is 0. The molecule has 0 saturated heterocycles. The molecule has 0 bridgehead atoms. The van der Waals surface area contributed by atoms with Crippen LogP contribution in [0.25, 0.3) is 10.8 Å². The second-order valence-corrected chi connectivity index (χ2v) is 9.01. The SMILES string of the molecule is CCCCCCCCCCCCCc1cccc2ccccc12.Cc1ccccc1C. The van der Waals surface area contributed by atoms with Crippen molar-refractivity contribution >= 4 is 10.8 Å². The maximum atomic E-state index is 2.30. The molecule has 0 heteroatoms. The highest BCUT2D eigenvalue weighted by Crippen LogP contribution is 2.21. The Hall–Kier alpha value is -2.08. The van der Waals surface area contributed by atoms with Crippen molar-refractivity contribution in [3.05, 3.63) is 83.4 Å². The monoisotopic (exact) mass is 416 g/mol. The van der Waals surface area contributed by atoms with Crippen molar-refractivity contribution in [2.45, 2.75) is 97.8 Å². The molecule has 0 aliphatic rings. The summed E-state index contributed by atoms with van der Waals surface area (Å²) < 4.78 is 0. The lowest BCUT2D eigenvalue weighted by atomic mass is 9.99. The van der Waals surface area contributed by atoms with Gasteiger partial charge < -0.3 is 0 Å². The molecule has 3 rings (SSSR count). The van der Waals surface area contributed by atoms with Crippen molar-refractivity contribution in [1.29, 1.82) is 0 Å². The fourth-order valence-electron chi connectivity index (χ4n) is 4.15. The Balaban J connectivity index is 0.000000357. The first-order valence-electron chi connectivity index (χ1n) is 12.7. The van der Waals surface area contributed by atoms with Crippen molar-refractivity contribution in [3.63, 3.8) is 0 Å². The summed E-state index contributed by atoms with van der Waals surface area (Å²) in [6.07, 6.45) is 16.8. The summed E-state index contributed by atoms with van der Waals surface area (Å²) in [6, 6.07) is 23.9. The molecule has 3 aromatic rings. The lowest BCUT2D eigenvalue weighted by Gasteiger charge is -2.06. The highest BCUT2D eigenvalue weighted by atomic mass is 14.1. The molecule has 0 unspecified atom stereocenters. The van der Waals surface area contributed by atoms with Crippen LogP contribution in [0.1, 0.15) is 94.2 Å². The standard InChI is InChI=1S/C23H34.C8H10/c1-2-3-4-5-6-7-8-9-10-11-12-16-21-18-15-19-22-17-13-14-20-23(21)22;1-7-5-3-4-6-8(7)2/h13-15,17-20H,2-12,16H2,1H3;3-6H,1-2H3. The van der Waals surface area contributed by atoms with Crippen LogP contribution in [0, 0.1) is 13.8 Å². The zero-order chi connectivity index (χ0) is 22.2. The van der Waals surface area contributed by atoms with Crippen molar-refractivity contribution in [2.24, 2.45) is 0 Å². The highest BCUT2D eigenvalue weighted by Gasteiger charge is 2.00. The van der Waals surface area contributed by atoms with Gasteiger partial charge in [0.05, 0.1) is 0 Å². The van der Waals surface area contributed by atoms with Gasteiger partial charge in [-0.3, -0.25) is 0 Å². The average Bonchev–Trinajstić information content (AvgIpc) is 2.80. The van der Waals surface area contributed by atoms with Gasteiger partial charge in [0.25, 0.3) is 0 Å². The molecule has 0 amide bonds. The van der Waals surface area contributed by atoms with E-state index in [1.54, 1.807) is 0 Å². The number of hydrogen-bond donors (Lipinski definition) is 0. The maximum Gasteiger partial charge on any atom is -0.0152 e. The van der Waals surface area contributed by atoms with E-state index in [1.807, 2.05) is 0 Å². The van der Waals surface area contributed by atoms with Gasteiger partial charge in [-0.2, -0.15) is 0 Å². The molecule has 31 heavy (non-hydrogen) atoms. The Morgan fingerprint density at radius 1 is 0.484 bits per heavy atom. The summed E-state index contributed by atoms with van der Waals surface area (Å²) >= 11 is 0. The number of hydrogen-bond acceptors (Lipinski definition) is 0. The van der Waals surface area contributed by atoms with Gasteiger partial charge in [0.1, 0.15) is 0 Å². The van der Waals surface area contributed by atoms with Crippen molar-refractivity contribution in [1.82, 2.24) is 0 Å². The quantitative estimate of drug-likeness (QED) is 0.258. The zero-order valence-electron chi connectivity index (χ0n) is 20.3. The molecular formula is C31H44. The summed E-state index contributed by atoms with van der Waals surface area (Å²) in [5.74, 6) is 0. The summed E-state index contributed by atoms with van der Waals surface area (Å²) in [4.78, 5) is 0. The van der Waals surface area contributed by atoms with E-state index in [0.717, 1.165) is 0 Å². The first-order valence-corrected chi connectivity index (χ1v) is 12.7. The summed E-state index contributed by atoms with van der Waals surface area (Å²) in [6.45, 7) is 6.53. The Kier molecular flexibility index (Phi) is 12.7. The van der Waals surface area contributed by atoms with E-state index in [0.29, 0.717) is 0 Å². The van der Waals surface area contributed by atoms with Crippen LogP contribution in [0.3, 0.4) is 0 Å². The van der Waals surface area contributed by atoms with Crippen LogP contribution in [0.15, 0.2) is 66.7 Å². The second kappa shape index (κ2) is 15.7. The summed E-state index contributed by atoms with van der Waals surface area (Å²) in [5.41, 5.74) is 4.26. The average molecular weight is 417 g/mol. The van der Waals surface area contributed by atoms with E-state index in [-0.39, 0.29) is 0 Å². The molecule has 0 atom stereocenters. The topological polar surface area (TPSA) is 0 Å². The van der Waals surface area contributed by atoms with Gasteiger partial charge in [0, 0.05) is 0 Å². The fourth-order valence-corrected chi connectivity index (χ4v) is 4.15. The van der Waals surface area contributed by atoms with E-state index in [1.165, 1.54) is 105 Å². The Bertz CT molecular complexity index is 819. The van der Waals surface area contributed by atoms with Crippen LogP contribution in [-0.2, 0) is 6.42 Å². The van der Waals surface area contributed by atoms with E-state index in [9.17, 15) is 0 Å². The molecule has 0 aliphatic carbocycles. The van der Waals surface area contributed by atoms with Gasteiger partial charge in [-0.15, -0.1) is 0 Å². The molecule has 0 aromatic heterocycles. The third kappa shape index (κ3) is 10.2. The van der Waals surface area contributed by atoms with Crippen LogP contribution in [0.2, 0.25) is 0 Å².